The summed E-state index contributed by atoms with van der Waals surface area (Å²) in [5.41, 5.74) is 1.46. The number of benzene rings is 2. The number of amides is 1. The quantitative estimate of drug-likeness (QED) is 0.694. The Bertz CT molecular complexity index is 1010. The van der Waals surface area contributed by atoms with Gasteiger partial charge in [0.1, 0.15) is 11.5 Å². The Morgan fingerprint density at radius 2 is 1.96 bits per heavy atom. The third-order valence-corrected chi connectivity index (χ3v) is 4.79. The van der Waals surface area contributed by atoms with Crippen LogP contribution in [0.3, 0.4) is 0 Å². The highest BCUT2D eigenvalue weighted by molar-refractivity contribution is 5.95. The first kappa shape index (κ1) is 16.7. The van der Waals surface area contributed by atoms with Gasteiger partial charge in [0.15, 0.2) is 18.1 Å². The van der Waals surface area contributed by atoms with Crippen molar-refractivity contribution in [3.05, 3.63) is 71.4 Å². The van der Waals surface area contributed by atoms with Crippen LogP contribution < -0.4 is 14.2 Å². The molecular formula is C21H18N2O5. The first-order valence-electron chi connectivity index (χ1n) is 9.10. The zero-order chi connectivity index (χ0) is 18.9. The molecule has 3 aromatic rings. The molecule has 2 aromatic carbocycles. The second-order valence-electron chi connectivity index (χ2n) is 6.62. The van der Waals surface area contributed by atoms with Crippen molar-refractivity contribution in [1.82, 2.24) is 9.88 Å². The normalized spacial score (nSPS) is 14.6. The molecule has 3 heterocycles. The maximum atomic E-state index is 12.9. The number of oxazole rings is 1. The second kappa shape index (κ2) is 6.92. The van der Waals surface area contributed by atoms with E-state index in [1.54, 1.807) is 23.1 Å². The number of hydrogen-bond acceptors (Lipinski definition) is 6. The Morgan fingerprint density at radius 3 is 2.86 bits per heavy atom. The van der Waals surface area contributed by atoms with Gasteiger partial charge >= 0.3 is 0 Å². The van der Waals surface area contributed by atoms with Gasteiger partial charge in [0, 0.05) is 18.5 Å². The summed E-state index contributed by atoms with van der Waals surface area (Å²) in [5, 5.41) is 0. The van der Waals surface area contributed by atoms with Crippen LogP contribution in [0.25, 0.3) is 0 Å². The van der Waals surface area contributed by atoms with E-state index < -0.39 is 0 Å². The predicted octanol–water partition coefficient (Wildman–Crippen LogP) is 3.18. The van der Waals surface area contributed by atoms with Gasteiger partial charge in [-0.2, -0.15) is 0 Å². The molecule has 1 aromatic heterocycles. The van der Waals surface area contributed by atoms with Crippen LogP contribution in [0.4, 0.5) is 0 Å². The zero-order valence-electron chi connectivity index (χ0n) is 15.1. The van der Waals surface area contributed by atoms with E-state index in [1.807, 2.05) is 30.3 Å². The van der Waals surface area contributed by atoms with Gasteiger partial charge in [-0.1, -0.05) is 18.2 Å². The van der Waals surface area contributed by atoms with Crippen LogP contribution in [0.5, 0.6) is 17.2 Å². The largest absolute Gasteiger partial charge is 0.484 e. The fourth-order valence-corrected chi connectivity index (χ4v) is 3.36. The van der Waals surface area contributed by atoms with Crippen LogP contribution in [0.1, 0.15) is 27.7 Å². The smallest absolute Gasteiger partial charge is 0.254 e. The van der Waals surface area contributed by atoms with Crippen molar-refractivity contribution in [3.63, 3.8) is 0 Å². The Kier molecular flexibility index (Phi) is 4.12. The van der Waals surface area contributed by atoms with Crippen LogP contribution in [0.15, 0.2) is 52.9 Å². The lowest BCUT2D eigenvalue weighted by atomic mass is 10.1. The monoisotopic (exact) mass is 378 g/mol. The van der Waals surface area contributed by atoms with Crippen LogP contribution in [0.2, 0.25) is 0 Å². The van der Waals surface area contributed by atoms with Gasteiger partial charge in [0.2, 0.25) is 12.7 Å². The van der Waals surface area contributed by atoms with Gasteiger partial charge < -0.3 is 23.5 Å². The van der Waals surface area contributed by atoms with Gasteiger partial charge in [-0.05, 0) is 30.3 Å². The second-order valence-corrected chi connectivity index (χ2v) is 6.62. The number of hydrogen-bond donors (Lipinski definition) is 0. The molecule has 7 nitrogen and oxygen atoms in total. The lowest BCUT2D eigenvalue weighted by Crippen LogP contribution is -2.35. The number of fused-ring (bicyclic) bond motifs is 2. The van der Waals surface area contributed by atoms with E-state index in [4.69, 9.17) is 18.6 Å². The topological polar surface area (TPSA) is 74.0 Å². The summed E-state index contributed by atoms with van der Waals surface area (Å²) in [6.07, 6.45) is 0.653. The Morgan fingerprint density at radius 1 is 1.11 bits per heavy atom. The standard InChI is InChI=1S/C21H18N2O5/c24-21(14-6-7-17-18(10-14)27-13-26-17)23-9-8-16-19(11-23)28-20(22-16)12-25-15-4-2-1-3-5-15/h1-7,10H,8-9,11-13H2. The fraction of sp³-hybridized carbons (Fsp3) is 0.238. The molecule has 2 aliphatic rings. The molecule has 28 heavy (non-hydrogen) atoms. The van der Waals surface area contributed by atoms with Gasteiger partial charge in [-0.3, -0.25) is 4.79 Å². The highest BCUT2D eigenvalue weighted by Crippen LogP contribution is 2.33. The average Bonchev–Trinajstić information content (AvgIpc) is 3.37. The van der Waals surface area contributed by atoms with Crippen LogP contribution in [-0.2, 0) is 19.6 Å². The maximum absolute atomic E-state index is 12.9. The minimum atomic E-state index is -0.0672. The summed E-state index contributed by atoms with van der Waals surface area (Å²) in [5.74, 6) is 3.19. The minimum Gasteiger partial charge on any atom is -0.484 e. The number of ether oxygens (including phenoxy) is 3. The molecule has 5 rings (SSSR count). The van der Waals surface area contributed by atoms with Crippen molar-refractivity contribution in [2.24, 2.45) is 0 Å². The van der Waals surface area contributed by atoms with Crippen molar-refractivity contribution >= 4 is 5.91 Å². The van der Waals surface area contributed by atoms with Crippen molar-refractivity contribution in [3.8, 4) is 17.2 Å². The van der Waals surface area contributed by atoms with Crippen molar-refractivity contribution in [2.45, 2.75) is 19.6 Å². The third-order valence-electron chi connectivity index (χ3n) is 4.79. The summed E-state index contributed by atoms with van der Waals surface area (Å²) in [4.78, 5) is 19.1. The van der Waals surface area contributed by atoms with E-state index >= 15 is 0 Å². The molecule has 0 fully saturated rings. The van der Waals surface area contributed by atoms with E-state index in [0.717, 1.165) is 11.4 Å². The molecule has 0 radical (unpaired) electrons. The summed E-state index contributed by atoms with van der Waals surface area (Å²) in [6, 6.07) is 14.8. The van der Waals surface area contributed by atoms with E-state index in [0.29, 0.717) is 48.2 Å². The van der Waals surface area contributed by atoms with Crippen molar-refractivity contribution < 1.29 is 23.4 Å². The van der Waals surface area contributed by atoms with E-state index in [1.165, 1.54) is 0 Å². The molecule has 7 heteroatoms. The summed E-state index contributed by atoms with van der Waals surface area (Å²) >= 11 is 0. The molecule has 0 saturated carbocycles. The SMILES string of the molecule is O=C(c1ccc2c(c1)OCO2)N1CCc2nc(COc3ccccc3)oc2C1. The number of aromatic nitrogens is 1. The highest BCUT2D eigenvalue weighted by atomic mass is 16.7. The summed E-state index contributed by atoms with van der Waals surface area (Å²) < 4.78 is 22.2. The first-order chi connectivity index (χ1) is 13.8. The molecule has 0 spiro atoms. The Balaban J connectivity index is 1.27. The van der Waals surface area contributed by atoms with Crippen molar-refractivity contribution in [2.75, 3.05) is 13.3 Å². The number of nitrogens with zero attached hydrogens (tertiary/aromatic N) is 2. The van der Waals surface area contributed by atoms with Gasteiger partial charge in [0.05, 0.1) is 12.2 Å². The molecule has 0 saturated heterocycles. The molecule has 0 aliphatic carbocycles. The Hall–Kier alpha value is -3.48. The van der Waals surface area contributed by atoms with Gasteiger partial charge in [-0.25, -0.2) is 4.98 Å². The lowest BCUT2D eigenvalue weighted by Gasteiger charge is -2.25. The van der Waals surface area contributed by atoms with Crippen LogP contribution >= 0.6 is 0 Å². The molecule has 0 N–H and O–H groups in total. The third kappa shape index (κ3) is 3.15. The predicted molar refractivity (Wildman–Crippen MR) is 98.3 cm³/mol. The highest BCUT2D eigenvalue weighted by Gasteiger charge is 2.27. The van der Waals surface area contributed by atoms with Gasteiger partial charge in [0.25, 0.3) is 5.91 Å². The lowest BCUT2D eigenvalue weighted by molar-refractivity contribution is 0.0718. The van der Waals surface area contributed by atoms with E-state index in [9.17, 15) is 4.79 Å². The van der Waals surface area contributed by atoms with Crippen LogP contribution in [0, 0.1) is 0 Å². The van der Waals surface area contributed by atoms with E-state index in [-0.39, 0.29) is 19.3 Å². The molecule has 0 unspecified atom stereocenters. The molecule has 0 bridgehead atoms. The van der Waals surface area contributed by atoms with Gasteiger partial charge in [-0.15, -0.1) is 0 Å². The Labute approximate surface area is 161 Å². The molecular weight excluding hydrogens is 360 g/mol. The maximum Gasteiger partial charge on any atom is 0.254 e. The minimum absolute atomic E-state index is 0.0672. The number of rotatable bonds is 4. The van der Waals surface area contributed by atoms with Crippen molar-refractivity contribution in [1.29, 1.82) is 0 Å². The molecule has 1 amide bonds. The summed E-state index contributed by atoms with van der Waals surface area (Å²) in [6.45, 7) is 1.42. The summed E-state index contributed by atoms with van der Waals surface area (Å²) in [7, 11) is 0. The van der Waals surface area contributed by atoms with E-state index in [2.05, 4.69) is 4.98 Å². The average molecular weight is 378 g/mol. The molecule has 0 atom stereocenters. The first-order valence-corrected chi connectivity index (χ1v) is 9.10. The zero-order valence-corrected chi connectivity index (χ0v) is 15.1. The number of para-hydroxylation sites is 1. The van der Waals surface area contributed by atoms with Crippen LogP contribution in [-0.4, -0.2) is 29.1 Å². The number of carbonyl (C=O) groups excluding carboxylic acids is 1. The number of carbonyl (C=O) groups is 1. The molecule has 142 valence electrons. The molecule has 2 aliphatic heterocycles. The fourth-order valence-electron chi connectivity index (χ4n) is 3.36.